The Hall–Kier alpha value is -3.85. The maximum atomic E-state index is 11.7. The van der Waals surface area contributed by atoms with Crippen LogP contribution >= 0.6 is 0 Å². The largest absolute Gasteiger partial charge is 0.383 e. The van der Waals surface area contributed by atoms with E-state index in [1.54, 1.807) is 10.7 Å². The summed E-state index contributed by atoms with van der Waals surface area (Å²) in [4.78, 5) is 26.8. The van der Waals surface area contributed by atoms with Gasteiger partial charge in [0.2, 0.25) is 5.91 Å². The number of benzene rings is 1. The molecule has 0 spiro atoms. The summed E-state index contributed by atoms with van der Waals surface area (Å²) in [6.45, 7) is 4.64. The molecule has 0 aliphatic carbocycles. The van der Waals surface area contributed by atoms with E-state index in [2.05, 4.69) is 32.8 Å². The van der Waals surface area contributed by atoms with Crippen LogP contribution in [0.2, 0.25) is 0 Å². The molecule has 4 aromatic rings. The maximum absolute atomic E-state index is 11.7. The Morgan fingerprint density at radius 1 is 1.19 bits per heavy atom. The van der Waals surface area contributed by atoms with Crippen LogP contribution in [0.25, 0.3) is 27.7 Å². The van der Waals surface area contributed by atoms with Crippen molar-refractivity contribution in [1.82, 2.24) is 19.6 Å². The molecule has 1 aromatic carbocycles. The zero-order valence-electron chi connectivity index (χ0n) is 17.6. The number of amides is 1. The molecule has 1 saturated heterocycles. The number of pyridine rings is 1. The number of aliphatic imine (C=N–C) groups is 1. The summed E-state index contributed by atoms with van der Waals surface area (Å²) in [7, 11) is 0. The van der Waals surface area contributed by atoms with Crippen LogP contribution < -0.4 is 16.4 Å². The Morgan fingerprint density at radius 3 is 2.75 bits per heavy atom. The quantitative estimate of drug-likeness (QED) is 0.478. The normalized spacial score (nSPS) is 15.8. The molecule has 0 saturated carbocycles. The predicted octanol–water partition coefficient (Wildman–Crippen LogP) is 2.44. The van der Waals surface area contributed by atoms with Crippen molar-refractivity contribution < 1.29 is 4.79 Å². The van der Waals surface area contributed by atoms with Gasteiger partial charge in [0, 0.05) is 53.8 Å². The smallest absolute Gasteiger partial charge is 0.246 e. The monoisotopic (exact) mass is 428 g/mol. The van der Waals surface area contributed by atoms with Gasteiger partial charge in [-0.05, 0) is 31.7 Å². The van der Waals surface area contributed by atoms with Crippen LogP contribution in [0.3, 0.4) is 0 Å². The van der Waals surface area contributed by atoms with Crippen LogP contribution in [0.1, 0.15) is 19.3 Å². The first-order valence-electron chi connectivity index (χ1n) is 10.5. The van der Waals surface area contributed by atoms with Crippen molar-refractivity contribution in [3.05, 3.63) is 48.8 Å². The topological polar surface area (TPSA) is 128 Å². The van der Waals surface area contributed by atoms with Gasteiger partial charge in [-0.25, -0.2) is 9.98 Å². The molecular formula is C23H24N8O. The second kappa shape index (κ2) is 7.69. The first kappa shape index (κ1) is 20.1. The minimum absolute atomic E-state index is 0.209. The molecule has 1 amide bonds. The van der Waals surface area contributed by atoms with E-state index >= 15 is 0 Å². The van der Waals surface area contributed by atoms with Crippen LogP contribution in [0.4, 0.5) is 11.6 Å². The Bertz CT molecular complexity index is 1340. The van der Waals surface area contributed by atoms with Gasteiger partial charge in [0.25, 0.3) is 0 Å². The summed E-state index contributed by atoms with van der Waals surface area (Å²) >= 11 is 0. The first-order chi connectivity index (χ1) is 15.5. The fraction of sp³-hybridized carbons (Fsp3) is 0.261. The molecule has 0 bridgehead atoms. The number of carbonyl (C=O) groups is 1. The molecule has 4 heterocycles. The second-order valence-electron chi connectivity index (χ2n) is 8.33. The van der Waals surface area contributed by atoms with E-state index in [-0.39, 0.29) is 12.3 Å². The van der Waals surface area contributed by atoms with Crippen LogP contribution in [0, 0.1) is 0 Å². The van der Waals surface area contributed by atoms with Gasteiger partial charge in [-0.15, -0.1) is 0 Å². The fourth-order valence-corrected chi connectivity index (χ4v) is 4.27. The predicted molar refractivity (Wildman–Crippen MR) is 126 cm³/mol. The summed E-state index contributed by atoms with van der Waals surface area (Å²) in [5, 5.41) is 5.48. The Labute approximate surface area is 184 Å². The lowest BCUT2D eigenvalue weighted by atomic mass is 9.85. The van der Waals surface area contributed by atoms with Crippen molar-refractivity contribution in [3.63, 3.8) is 0 Å². The first-order valence-corrected chi connectivity index (χ1v) is 10.5. The highest BCUT2D eigenvalue weighted by Gasteiger charge is 2.33. The number of aromatic nitrogens is 4. The highest BCUT2D eigenvalue weighted by molar-refractivity contribution is 5.87. The number of para-hydroxylation sites is 1. The van der Waals surface area contributed by atoms with Crippen molar-refractivity contribution in [2.24, 2.45) is 10.7 Å². The summed E-state index contributed by atoms with van der Waals surface area (Å²) < 4.78 is 1.64. The third-order valence-corrected chi connectivity index (χ3v) is 6.15. The molecule has 9 heteroatoms. The van der Waals surface area contributed by atoms with E-state index in [0.29, 0.717) is 37.4 Å². The van der Waals surface area contributed by atoms with Gasteiger partial charge < -0.3 is 16.4 Å². The van der Waals surface area contributed by atoms with E-state index in [1.807, 2.05) is 36.5 Å². The number of nitrogens with zero attached hydrogens (tertiary/aromatic N) is 6. The molecule has 9 nitrogen and oxygen atoms in total. The molecule has 1 aliphatic heterocycles. The minimum Gasteiger partial charge on any atom is -0.383 e. The molecule has 4 N–H and O–H groups in total. The van der Waals surface area contributed by atoms with Crippen LogP contribution in [0.5, 0.6) is 0 Å². The van der Waals surface area contributed by atoms with E-state index in [1.165, 1.54) is 0 Å². The standard InChI is InChI=1S/C23H24N8O/c1-26-21(32)12-23(25)6-8-30(9-7-23)20-11-19(24)31-22(29-20)17(14-28-31)16-10-15-4-2-3-5-18(15)27-13-16/h2-5,10-11,13-14H,1,6-9,12,24-25H2. The van der Waals surface area contributed by atoms with Gasteiger partial charge in [0.15, 0.2) is 5.65 Å². The molecule has 0 radical (unpaired) electrons. The van der Waals surface area contributed by atoms with Crippen molar-refractivity contribution in [2.45, 2.75) is 24.8 Å². The Morgan fingerprint density at radius 2 is 1.97 bits per heavy atom. The van der Waals surface area contributed by atoms with Gasteiger partial charge in [0.05, 0.1) is 11.7 Å². The number of fused-ring (bicyclic) bond motifs is 2. The number of hydrogen-bond acceptors (Lipinski definition) is 7. The lowest BCUT2D eigenvalue weighted by Crippen LogP contribution is -2.51. The lowest BCUT2D eigenvalue weighted by molar-refractivity contribution is -0.119. The SMILES string of the molecule is C=NC(=O)CC1(N)CCN(c2cc(N)n3ncc(-c4cnc5ccccc5c4)c3n2)CC1. The highest BCUT2D eigenvalue weighted by atomic mass is 16.1. The highest BCUT2D eigenvalue weighted by Crippen LogP contribution is 2.31. The van der Waals surface area contributed by atoms with Gasteiger partial charge in [0.1, 0.15) is 11.6 Å². The Balaban J connectivity index is 1.47. The van der Waals surface area contributed by atoms with Crippen molar-refractivity contribution in [3.8, 4) is 11.1 Å². The minimum atomic E-state index is -0.567. The van der Waals surface area contributed by atoms with Gasteiger partial charge in [-0.1, -0.05) is 18.2 Å². The number of nitrogen functional groups attached to an aromatic ring is 1. The Kier molecular flexibility index (Phi) is 4.82. The lowest BCUT2D eigenvalue weighted by Gasteiger charge is -2.39. The number of hydrogen-bond donors (Lipinski definition) is 2. The maximum Gasteiger partial charge on any atom is 0.246 e. The van der Waals surface area contributed by atoms with E-state index in [0.717, 1.165) is 27.8 Å². The summed E-state index contributed by atoms with van der Waals surface area (Å²) in [5.74, 6) is 0.999. The number of carbonyl (C=O) groups excluding carboxylic acids is 1. The molecule has 5 rings (SSSR count). The van der Waals surface area contributed by atoms with Gasteiger partial charge in [-0.2, -0.15) is 9.61 Å². The third kappa shape index (κ3) is 3.56. The number of piperidine rings is 1. The molecule has 32 heavy (non-hydrogen) atoms. The number of nitrogens with two attached hydrogens (primary N) is 2. The van der Waals surface area contributed by atoms with Crippen molar-refractivity contribution in [1.29, 1.82) is 0 Å². The molecule has 0 atom stereocenters. The average molecular weight is 429 g/mol. The zero-order chi connectivity index (χ0) is 22.3. The van der Waals surface area contributed by atoms with E-state index in [4.69, 9.17) is 16.5 Å². The van der Waals surface area contributed by atoms with Gasteiger partial charge >= 0.3 is 0 Å². The average Bonchev–Trinajstić information content (AvgIpc) is 3.23. The van der Waals surface area contributed by atoms with Crippen LogP contribution in [0.15, 0.2) is 53.8 Å². The van der Waals surface area contributed by atoms with Crippen LogP contribution in [-0.2, 0) is 4.79 Å². The third-order valence-electron chi connectivity index (χ3n) is 6.15. The van der Waals surface area contributed by atoms with E-state index < -0.39 is 5.54 Å². The number of rotatable bonds is 4. The molecule has 0 unspecified atom stereocenters. The number of anilines is 2. The molecule has 1 aliphatic rings. The summed E-state index contributed by atoms with van der Waals surface area (Å²) in [6.07, 6.45) is 5.12. The van der Waals surface area contributed by atoms with Crippen molar-refractivity contribution >= 4 is 40.8 Å². The molecule has 1 fully saturated rings. The fourth-order valence-electron chi connectivity index (χ4n) is 4.27. The van der Waals surface area contributed by atoms with Crippen molar-refractivity contribution in [2.75, 3.05) is 23.7 Å². The van der Waals surface area contributed by atoms with E-state index in [9.17, 15) is 4.79 Å². The molecule has 162 valence electrons. The molecule has 3 aromatic heterocycles. The van der Waals surface area contributed by atoms with Gasteiger partial charge in [-0.3, -0.25) is 9.78 Å². The van der Waals surface area contributed by atoms with Crippen LogP contribution in [-0.4, -0.2) is 50.8 Å². The summed E-state index contributed by atoms with van der Waals surface area (Å²) in [5.41, 5.74) is 15.6. The molecular weight excluding hydrogens is 404 g/mol. The summed E-state index contributed by atoms with van der Waals surface area (Å²) in [6, 6.07) is 11.9. The second-order valence-corrected chi connectivity index (χ2v) is 8.33. The zero-order valence-corrected chi connectivity index (χ0v) is 17.6.